The standard InChI is InChI=1S/C12H17ClN2OS/c13-10-3-2-9(17-10)4-7-15-11(16)8-12(14)5-1-6-12/h2-3H,1,4-8,14H2,(H,15,16). The maximum absolute atomic E-state index is 11.6. The summed E-state index contributed by atoms with van der Waals surface area (Å²) in [6.07, 6.45) is 4.39. The van der Waals surface area contributed by atoms with Crippen molar-refractivity contribution in [2.24, 2.45) is 5.73 Å². The average molecular weight is 273 g/mol. The molecule has 3 N–H and O–H groups in total. The Morgan fingerprint density at radius 1 is 1.53 bits per heavy atom. The molecule has 0 atom stereocenters. The highest BCUT2D eigenvalue weighted by atomic mass is 35.5. The fourth-order valence-corrected chi connectivity index (χ4v) is 3.09. The molecule has 0 saturated heterocycles. The number of thiophene rings is 1. The molecule has 5 heteroatoms. The fraction of sp³-hybridized carbons (Fsp3) is 0.583. The smallest absolute Gasteiger partial charge is 0.221 e. The molecule has 0 bridgehead atoms. The molecule has 1 aliphatic carbocycles. The molecule has 2 rings (SSSR count). The summed E-state index contributed by atoms with van der Waals surface area (Å²) in [5.74, 6) is 0.0647. The molecular formula is C12H17ClN2OS. The summed E-state index contributed by atoms with van der Waals surface area (Å²) >= 11 is 7.39. The average Bonchev–Trinajstić information content (AvgIpc) is 2.62. The van der Waals surface area contributed by atoms with Crippen LogP contribution in [-0.4, -0.2) is 18.0 Å². The zero-order chi connectivity index (χ0) is 12.3. The summed E-state index contributed by atoms with van der Waals surface area (Å²) in [5.41, 5.74) is 5.79. The number of rotatable bonds is 5. The van der Waals surface area contributed by atoms with Gasteiger partial charge < -0.3 is 11.1 Å². The topological polar surface area (TPSA) is 55.1 Å². The van der Waals surface area contributed by atoms with Gasteiger partial charge in [0.2, 0.25) is 5.91 Å². The zero-order valence-corrected chi connectivity index (χ0v) is 11.2. The van der Waals surface area contributed by atoms with Gasteiger partial charge in [0.25, 0.3) is 0 Å². The van der Waals surface area contributed by atoms with E-state index in [0.717, 1.165) is 30.0 Å². The first-order chi connectivity index (χ1) is 8.07. The van der Waals surface area contributed by atoms with Crippen LogP contribution in [0.4, 0.5) is 0 Å². The largest absolute Gasteiger partial charge is 0.356 e. The summed E-state index contributed by atoms with van der Waals surface area (Å²) in [6, 6.07) is 3.88. The molecule has 1 aliphatic rings. The first-order valence-corrected chi connectivity index (χ1v) is 7.07. The van der Waals surface area contributed by atoms with Gasteiger partial charge in [-0.15, -0.1) is 11.3 Å². The molecule has 0 radical (unpaired) electrons. The molecule has 1 saturated carbocycles. The normalized spacial score (nSPS) is 17.5. The van der Waals surface area contributed by atoms with E-state index >= 15 is 0 Å². The van der Waals surface area contributed by atoms with Crippen molar-refractivity contribution in [1.82, 2.24) is 5.32 Å². The van der Waals surface area contributed by atoms with Crippen LogP contribution < -0.4 is 11.1 Å². The third kappa shape index (κ3) is 3.69. The quantitative estimate of drug-likeness (QED) is 0.864. The van der Waals surface area contributed by atoms with Gasteiger partial charge in [-0.25, -0.2) is 0 Å². The van der Waals surface area contributed by atoms with Crippen molar-refractivity contribution in [1.29, 1.82) is 0 Å². The van der Waals surface area contributed by atoms with Gasteiger partial charge >= 0.3 is 0 Å². The first kappa shape index (κ1) is 12.9. The van der Waals surface area contributed by atoms with Gasteiger partial charge in [-0.1, -0.05) is 11.6 Å². The lowest BCUT2D eigenvalue weighted by Gasteiger charge is -2.37. The van der Waals surface area contributed by atoms with Gasteiger partial charge in [0.15, 0.2) is 0 Å². The number of carbonyl (C=O) groups is 1. The number of halogens is 1. The Balaban J connectivity index is 1.66. The molecule has 0 aliphatic heterocycles. The minimum absolute atomic E-state index is 0.0647. The van der Waals surface area contributed by atoms with Crippen LogP contribution in [0.3, 0.4) is 0 Å². The van der Waals surface area contributed by atoms with E-state index in [2.05, 4.69) is 5.32 Å². The SMILES string of the molecule is NC1(CC(=O)NCCc2ccc(Cl)s2)CCC1. The third-order valence-electron chi connectivity index (χ3n) is 3.18. The maximum Gasteiger partial charge on any atom is 0.221 e. The molecule has 0 spiro atoms. The Morgan fingerprint density at radius 2 is 2.29 bits per heavy atom. The Bertz CT molecular complexity index is 401. The second kappa shape index (κ2) is 5.38. The Kier molecular flexibility index (Phi) is 4.07. The van der Waals surface area contributed by atoms with Gasteiger partial charge in [-0.2, -0.15) is 0 Å². The van der Waals surface area contributed by atoms with Gasteiger partial charge in [0, 0.05) is 23.4 Å². The number of hydrogen-bond donors (Lipinski definition) is 2. The molecule has 1 aromatic rings. The van der Waals surface area contributed by atoms with E-state index in [4.69, 9.17) is 17.3 Å². The van der Waals surface area contributed by atoms with Crippen molar-refractivity contribution in [3.8, 4) is 0 Å². The van der Waals surface area contributed by atoms with Crippen LogP contribution in [0, 0.1) is 0 Å². The van der Waals surface area contributed by atoms with Crippen LogP contribution in [-0.2, 0) is 11.2 Å². The van der Waals surface area contributed by atoms with E-state index in [-0.39, 0.29) is 11.4 Å². The number of nitrogens with two attached hydrogens (primary N) is 1. The molecule has 94 valence electrons. The van der Waals surface area contributed by atoms with Crippen molar-refractivity contribution in [3.05, 3.63) is 21.3 Å². The van der Waals surface area contributed by atoms with Crippen molar-refractivity contribution >= 4 is 28.8 Å². The van der Waals surface area contributed by atoms with Crippen LogP contribution in [0.2, 0.25) is 4.34 Å². The molecule has 1 aromatic heterocycles. The molecule has 1 fully saturated rings. The molecule has 0 aromatic carbocycles. The lowest BCUT2D eigenvalue weighted by molar-refractivity contribution is -0.122. The highest BCUT2D eigenvalue weighted by Crippen LogP contribution is 2.31. The Morgan fingerprint density at radius 3 is 2.82 bits per heavy atom. The number of hydrogen-bond acceptors (Lipinski definition) is 3. The van der Waals surface area contributed by atoms with E-state index in [1.165, 1.54) is 4.88 Å². The minimum Gasteiger partial charge on any atom is -0.356 e. The molecule has 1 amide bonds. The molecule has 17 heavy (non-hydrogen) atoms. The van der Waals surface area contributed by atoms with E-state index in [9.17, 15) is 4.79 Å². The second-order valence-electron chi connectivity index (χ2n) is 4.70. The van der Waals surface area contributed by atoms with Gasteiger partial charge in [0.1, 0.15) is 0 Å². The Hall–Kier alpha value is -0.580. The third-order valence-corrected chi connectivity index (χ3v) is 4.48. The van der Waals surface area contributed by atoms with E-state index < -0.39 is 0 Å². The van der Waals surface area contributed by atoms with Crippen molar-refractivity contribution in [2.45, 2.75) is 37.6 Å². The van der Waals surface area contributed by atoms with E-state index in [1.807, 2.05) is 12.1 Å². The summed E-state index contributed by atoms with van der Waals surface area (Å²) < 4.78 is 0.793. The number of amides is 1. The second-order valence-corrected chi connectivity index (χ2v) is 6.50. The molecule has 3 nitrogen and oxygen atoms in total. The van der Waals surface area contributed by atoms with Crippen molar-refractivity contribution in [2.75, 3.05) is 6.54 Å². The monoisotopic (exact) mass is 272 g/mol. The zero-order valence-electron chi connectivity index (χ0n) is 9.67. The summed E-state index contributed by atoms with van der Waals surface area (Å²) in [6.45, 7) is 0.658. The van der Waals surface area contributed by atoms with Gasteiger partial charge in [-0.05, 0) is 37.8 Å². The predicted molar refractivity (Wildman–Crippen MR) is 71.4 cm³/mol. The summed E-state index contributed by atoms with van der Waals surface area (Å²) in [4.78, 5) is 12.8. The lowest BCUT2D eigenvalue weighted by Crippen LogP contribution is -2.50. The van der Waals surface area contributed by atoms with Crippen LogP contribution in [0.5, 0.6) is 0 Å². The number of carbonyl (C=O) groups excluding carboxylic acids is 1. The van der Waals surface area contributed by atoms with Crippen molar-refractivity contribution < 1.29 is 4.79 Å². The molecule has 0 unspecified atom stereocenters. The van der Waals surface area contributed by atoms with Crippen LogP contribution in [0.25, 0.3) is 0 Å². The summed E-state index contributed by atoms with van der Waals surface area (Å²) in [5, 5.41) is 2.91. The predicted octanol–water partition coefficient (Wildman–Crippen LogP) is 2.33. The molecular weight excluding hydrogens is 256 g/mol. The highest BCUT2D eigenvalue weighted by Gasteiger charge is 2.34. The number of nitrogens with one attached hydrogen (secondary N) is 1. The van der Waals surface area contributed by atoms with E-state index in [1.54, 1.807) is 11.3 Å². The lowest BCUT2D eigenvalue weighted by atomic mass is 9.75. The Labute approximate surface area is 110 Å². The minimum atomic E-state index is -0.226. The van der Waals surface area contributed by atoms with Crippen LogP contribution in [0.15, 0.2) is 12.1 Å². The van der Waals surface area contributed by atoms with Gasteiger partial charge in [0.05, 0.1) is 4.34 Å². The highest BCUT2D eigenvalue weighted by molar-refractivity contribution is 7.16. The van der Waals surface area contributed by atoms with Gasteiger partial charge in [-0.3, -0.25) is 4.79 Å². The fourth-order valence-electron chi connectivity index (χ4n) is 2.00. The van der Waals surface area contributed by atoms with Crippen molar-refractivity contribution in [3.63, 3.8) is 0 Å². The summed E-state index contributed by atoms with van der Waals surface area (Å²) in [7, 11) is 0. The van der Waals surface area contributed by atoms with Crippen LogP contribution in [0.1, 0.15) is 30.6 Å². The molecule has 1 heterocycles. The first-order valence-electron chi connectivity index (χ1n) is 5.87. The maximum atomic E-state index is 11.6. The van der Waals surface area contributed by atoms with Crippen LogP contribution >= 0.6 is 22.9 Å². The van der Waals surface area contributed by atoms with E-state index in [0.29, 0.717) is 13.0 Å².